The molecular weight excluding hydrogens is 425 g/mol. The molecule has 4 aliphatic carbocycles. The van der Waals surface area contributed by atoms with Gasteiger partial charge in [-0.1, -0.05) is 48.5 Å². The standard InChI is InChI=1S/C23H25Cl2NO2S/c24-22-12-16-11-18(14-22)20(23(25,13-16)15-22)21(17-7-3-1-4-8-17)26-29(27,28)19-9-5-2-6-10-19/h1-10,16,18,20-21,26H,11-15H2/t16-,18+,20-,21?,22+,23+/m1/s1. The summed E-state index contributed by atoms with van der Waals surface area (Å²) in [7, 11) is -3.67. The Morgan fingerprint density at radius 2 is 1.59 bits per heavy atom. The number of hydrogen-bond acceptors (Lipinski definition) is 2. The van der Waals surface area contributed by atoms with Gasteiger partial charge >= 0.3 is 0 Å². The molecule has 154 valence electrons. The van der Waals surface area contributed by atoms with Crippen LogP contribution in [0.5, 0.6) is 0 Å². The van der Waals surface area contributed by atoms with Crippen LogP contribution in [-0.4, -0.2) is 18.2 Å². The van der Waals surface area contributed by atoms with Crippen molar-refractivity contribution in [1.29, 1.82) is 0 Å². The fourth-order valence-electron chi connectivity index (χ4n) is 6.41. The minimum Gasteiger partial charge on any atom is -0.207 e. The third-order valence-corrected chi connectivity index (χ3v) is 9.56. The molecule has 4 bridgehead atoms. The van der Waals surface area contributed by atoms with Crippen LogP contribution >= 0.6 is 23.2 Å². The van der Waals surface area contributed by atoms with E-state index in [0.29, 0.717) is 11.8 Å². The van der Waals surface area contributed by atoms with Crippen molar-refractivity contribution in [1.82, 2.24) is 4.72 Å². The van der Waals surface area contributed by atoms with Crippen molar-refractivity contribution in [3.63, 3.8) is 0 Å². The molecule has 0 amide bonds. The molecule has 4 fully saturated rings. The molecule has 0 aromatic heterocycles. The topological polar surface area (TPSA) is 46.2 Å². The van der Waals surface area contributed by atoms with E-state index in [9.17, 15) is 8.42 Å². The first-order chi connectivity index (χ1) is 13.8. The lowest BCUT2D eigenvalue weighted by Gasteiger charge is -2.63. The maximum atomic E-state index is 13.2. The summed E-state index contributed by atoms with van der Waals surface area (Å²) in [6.07, 6.45) is 4.71. The van der Waals surface area contributed by atoms with Crippen LogP contribution in [0.4, 0.5) is 0 Å². The van der Waals surface area contributed by atoms with E-state index in [1.54, 1.807) is 24.3 Å². The maximum Gasteiger partial charge on any atom is 0.241 e. The first-order valence-corrected chi connectivity index (χ1v) is 12.5. The highest BCUT2D eigenvalue weighted by atomic mass is 35.5. The SMILES string of the molecule is O=S(=O)(NC(c1ccccc1)[C@H]1[C@H]2C[C@@H]3C[C@](Cl)(C2)C[C@@]1(Cl)C3)c1ccccc1. The molecule has 0 spiro atoms. The van der Waals surface area contributed by atoms with E-state index < -0.39 is 14.9 Å². The molecule has 0 aliphatic heterocycles. The van der Waals surface area contributed by atoms with Crippen LogP contribution in [0.1, 0.15) is 43.7 Å². The molecule has 2 aromatic rings. The number of halogens is 2. The third-order valence-electron chi connectivity index (χ3n) is 7.12. The molecular formula is C23H25Cl2NO2S. The Hall–Kier alpha value is -1.07. The van der Waals surface area contributed by atoms with Crippen LogP contribution < -0.4 is 4.72 Å². The van der Waals surface area contributed by atoms with E-state index in [-0.39, 0.29) is 21.7 Å². The van der Waals surface area contributed by atoms with Gasteiger partial charge in [0.2, 0.25) is 10.0 Å². The summed E-state index contributed by atoms with van der Waals surface area (Å²) in [5, 5.41) is 0. The molecule has 3 nitrogen and oxygen atoms in total. The van der Waals surface area contributed by atoms with Crippen molar-refractivity contribution < 1.29 is 8.42 Å². The van der Waals surface area contributed by atoms with Crippen LogP contribution in [0, 0.1) is 17.8 Å². The van der Waals surface area contributed by atoms with Crippen molar-refractivity contribution in [3.8, 4) is 0 Å². The van der Waals surface area contributed by atoms with Crippen LogP contribution in [0.15, 0.2) is 65.6 Å². The third kappa shape index (κ3) is 3.52. The van der Waals surface area contributed by atoms with E-state index in [0.717, 1.165) is 37.7 Å². The van der Waals surface area contributed by atoms with Gasteiger partial charge < -0.3 is 0 Å². The quantitative estimate of drug-likeness (QED) is 0.612. The zero-order chi connectivity index (χ0) is 20.3. The van der Waals surface area contributed by atoms with Crippen LogP contribution in [0.2, 0.25) is 0 Å². The lowest BCUT2D eigenvalue weighted by Crippen LogP contribution is -2.62. The molecule has 4 saturated carbocycles. The number of alkyl halides is 2. The zero-order valence-corrected chi connectivity index (χ0v) is 18.4. The molecule has 6 heteroatoms. The van der Waals surface area contributed by atoms with Crippen LogP contribution in [0.3, 0.4) is 0 Å². The predicted octanol–water partition coefficient (Wildman–Crippen LogP) is 5.50. The minimum atomic E-state index is -3.67. The second-order valence-electron chi connectivity index (χ2n) is 9.18. The molecule has 6 rings (SSSR count). The first kappa shape index (κ1) is 19.9. The van der Waals surface area contributed by atoms with Crippen LogP contribution in [-0.2, 0) is 10.0 Å². The zero-order valence-electron chi connectivity index (χ0n) is 16.1. The summed E-state index contributed by atoms with van der Waals surface area (Å²) >= 11 is 14.2. The van der Waals surface area contributed by atoms with Gasteiger partial charge in [-0.15, -0.1) is 23.2 Å². The summed E-state index contributed by atoms with van der Waals surface area (Å²) < 4.78 is 29.5. The average Bonchev–Trinajstić information content (AvgIpc) is 2.66. The Kier molecular flexibility index (Phi) is 4.78. The number of nitrogens with one attached hydrogen (secondary N) is 1. The molecule has 0 saturated heterocycles. The molecule has 1 N–H and O–H groups in total. The highest BCUT2D eigenvalue weighted by Gasteiger charge is 2.63. The minimum absolute atomic E-state index is 0.0217. The number of hydrogen-bond donors (Lipinski definition) is 1. The monoisotopic (exact) mass is 449 g/mol. The lowest BCUT2D eigenvalue weighted by molar-refractivity contribution is -0.0212. The lowest BCUT2D eigenvalue weighted by atomic mass is 9.49. The second-order valence-corrected chi connectivity index (χ2v) is 12.5. The highest BCUT2D eigenvalue weighted by molar-refractivity contribution is 7.89. The highest BCUT2D eigenvalue weighted by Crippen LogP contribution is 2.66. The van der Waals surface area contributed by atoms with Gasteiger partial charge in [0.05, 0.1) is 15.8 Å². The summed E-state index contributed by atoms with van der Waals surface area (Å²) in [4.78, 5) is -0.406. The van der Waals surface area contributed by atoms with E-state index >= 15 is 0 Å². The van der Waals surface area contributed by atoms with Crippen molar-refractivity contribution >= 4 is 33.2 Å². The largest absolute Gasteiger partial charge is 0.241 e. The van der Waals surface area contributed by atoms with Gasteiger partial charge in [-0.2, -0.15) is 0 Å². The second kappa shape index (κ2) is 6.98. The van der Waals surface area contributed by atoms with Gasteiger partial charge in [0.25, 0.3) is 0 Å². The van der Waals surface area contributed by atoms with Gasteiger partial charge in [-0.25, -0.2) is 13.1 Å². The fourth-order valence-corrected chi connectivity index (χ4v) is 9.18. The maximum absolute atomic E-state index is 13.2. The normalized spacial score (nSPS) is 36.8. The summed E-state index contributed by atoms with van der Waals surface area (Å²) in [5.41, 5.74) is 0.966. The summed E-state index contributed by atoms with van der Waals surface area (Å²) in [6.45, 7) is 0. The first-order valence-electron chi connectivity index (χ1n) is 10.3. The van der Waals surface area contributed by atoms with Crippen molar-refractivity contribution in [3.05, 3.63) is 66.2 Å². The Balaban J connectivity index is 1.56. The van der Waals surface area contributed by atoms with Crippen molar-refractivity contribution in [2.75, 3.05) is 0 Å². The molecule has 4 aliphatic rings. The molecule has 6 atom stereocenters. The Morgan fingerprint density at radius 1 is 0.931 bits per heavy atom. The van der Waals surface area contributed by atoms with Crippen LogP contribution in [0.25, 0.3) is 0 Å². The Morgan fingerprint density at radius 3 is 2.21 bits per heavy atom. The van der Waals surface area contributed by atoms with Gasteiger partial charge in [-0.05, 0) is 61.6 Å². The number of benzene rings is 2. The number of rotatable bonds is 5. The molecule has 0 heterocycles. The Bertz CT molecular complexity index is 1000. The van der Waals surface area contributed by atoms with E-state index in [4.69, 9.17) is 23.2 Å². The van der Waals surface area contributed by atoms with E-state index in [1.807, 2.05) is 36.4 Å². The predicted molar refractivity (Wildman–Crippen MR) is 117 cm³/mol. The molecule has 1 unspecified atom stereocenters. The summed E-state index contributed by atoms with van der Waals surface area (Å²) in [5.74, 6) is 0.902. The van der Waals surface area contributed by atoms with Crippen molar-refractivity contribution in [2.24, 2.45) is 17.8 Å². The Labute approximate surface area is 182 Å². The van der Waals surface area contributed by atoms with Gasteiger partial charge in [0.1, 0.15) is 0 Å². The molecule has 29 heavy (non-hydrogen) atoms. The molecule has 0 radical (unpaired) electrons. The molecule has 2 aromatic carbocycles. The van der Waals surface area contributed by atoms with Gasteiger partial charge in [0.15, 0.2) is 0 Å². The van der Waals surface area contributed by atoms with Gasteiger partial charge in [-0.3, -0.25) is 0 Å². The fraction of sp³-hybridized carbons (Fsp3) is 0.478. The van der Waals surface area contributed by atoms with Crippen molar-refractivity contribution in [2.45, 2.75) is 52.8 Å². The van der Waals surface area contributed by atoms with E-state index in [2.05, 4.69) is 4.72 Å². The van der Waals surface area contributed by atoms with E-state index in [1.165, 1.54) is 0 Å². The average molecular weight is 450 g/mol. The van der Waals surface area contributed by atoms with Gasteiger partial charge in [0, 0.05) is 10.8 Å². The number of sulfonamides is 1. The smallest absolute Gasteiger partial charge is 0.207 e. The summed E-state index contributed by atoms with van der Waals surface area (Å²) in [6, 6.07) is 18.1.